The number of hydrogen-bond donors (Lipinski definition) is 2. The number of rotatable bonds is 10. The molecule has 0 aliphatic heterocycles. The molecule has 1 amide bonds. The number of hydrogen-bond acceptors (Lipinski definition) is 5. The van der Waals surface area contributed by atoms with Crippen molar-refractivity contribution in [2.45, 2.75) is 58.4 Å². The van der Waals surface area contributed by atoms with Crippen LogP contribution in [0.25, 0.3) is 33.3 Å². The molecule has 1 aliphatic carbocycles. The molecule has 7 nitrogen and oxygen atoms in total. The molecule has 1 fully saturated rings. The molecule has 0 unspecified atom stereocenters. The number of nitrogens with one attached hydrogen (secondary N) is 1. The van der Waals surface area contributed by atoms with Crippen molar-refractivity contribution < 1.29 is 9.90 Å². The van der Waals surface area contributed by atoms with Gasteiger partial charge in [-0.25, -0.2) is 0 Å². The van der Waals surface area contributed by atoms with Crippen molar-refractivity contribution >= 4 is 16.7 Å². The van der Waals surface area contributed by atoms with Gasteiger partial charge >= 0.3 is 0 Å². The highest BCUT2D eigenvalue weighted by atomic mass is 16.3. The molecule has 4 aromatic rings. The zero-order valence-electron chi connectivity index (χ0n) is 21.5. The van der Waals surface area contributed by atoms with Gasteiger partial charge in [0, 0.05) is 30.5 Å². The number of fused-ring (bicyclic) bond motifs is 1. The van der Waals surface area contributed by atoms with Gasteiger partial charge in [0.2, 0.25) is 11.7 Å². The van der Waals surface area contributed by atoms with E-state index in [9.17, 15) is 9.90 Å². The maximum absolute atomic E-state index is 13.2. The van der Waals surface area contributed by atoms with Gasteiger partial charge in [-0.1, -0.05) is 74.7 Å². The van der Waals surface area contributed by atoms with Gasteiger partial charge in [-0.05, 0) is 64.1 Å². The first-order valence-corrected chi connectivity index (χ1v) is 13.4. The molecule has 3 aromatic carbocycles. The smallest absolute Gasteiger partial charge is 0.222 e. The Hall–Kier alpha value is -3.58. The molecule has 5 rings (SSSR count). The van der Waals surface area contributed by atoms with Gasteiger partial charge in [0.1, 0.15) is 0 Å². The molecule has 0 atom stereocenters. The zero-order valence-corrected chi connectivity index (χ0v) is 21.5. The largest absolute Gasteiger partial charge is 0.396 e. The first kappa shape index (κ1) is 25.1. The van der Waals surface area contributed by atoms with E-state index in [0.29, 0.717) is 25.3 Å². The second-order valence-electron chi connectivity index (χ2n) is 10.4. The second-order valence-corrected chi connectivity index (χ2v) is 10.4. The van der Waals surface area contributed by atoms with Gasteiger partial charge in [0.05, 0.1) is 6.61 Å². The Kier molecular flexibility index (Phi) is 7.60. The SMILES string of the molecule is CCCCC(=O)N(Cc1ccc2cc(-c3ccccc3-c3nn[nH]n3)ccc2c1)CC1(CO)CCCC1. The maximum Gasteiger partial charge on any atom is 0.222 e. The fraction of sp³-hybridized carbons (Fsp3) is 0.400. The summed E-state index contributed by atoms with van der Waals surface area (Å²) in [6.45, 7) is 3.47. The van der Waals surface area contributed by atoms with E-state index in [1.807, 2.05) is 23.1 Å². The molecule has 1 aliphatic rings. The van der Waals surface area contributed by atoms with Crippen LogP contribution >= 0.6 is 0 Å². The lowest BCUT2D eigenvalue weighted by Gasteiger charge is -2.34. The van der Waals surface area contributed by atoms with E-state index in [1.165, 1.54) is 0 Å². The number of aromatic nitrogens is 4. The predicted molar refractivity (Wildman–Crippen MR) is 145 cm³/mol. The Morgan fingerprint density at radius 3 is 2.51 bits per heavy atom. The van der Waals surface area contributed by atoms with Crippen LogP contribution in [0.4, 0.5) is 0 Å². The minimum Gasteiger partial charge on any atom is -0.396 e. The van der Waals surface area contributed by atoms with Gasteiger partial charge in [-0.3, -0.25) is 4.79 Å². The number of benzene rings is 3. The number of unbranched alkanes of at least 4 members (excludes halogenated alkanes) is 1. The summed E-state index contributed by atoms with van der Waals surface area (Å²) in [4.78, 5) is 15.2. The number of aliphatic hydroxyl groups excluding tert-OH is 1. The number of carbonyl (C=O) groups excluding carboxylic acids is 1. The highest BCUT2D eigenvalue weighted by Gasteiger charge is 2.36. The predicted octanol–water partition coefficient (Wildman–Crippen LogP) is 5.76. The number of H-pyrrole nitrogens is 1. The van der Waals surface area contributed by atoms with Crippen molar-refractivity contribution in [3.8, 4) is 22.5 Å². The van der Waals surface area contributed by atoms with Crippen molar-refractivity contribution in [3.63, 3.8) is 0 Å². The van der Waals surface area contributed by atoms with Gasteiger partial charge in [0.15, 0.2) is 0 Å². The Morgan fingerprint density at radius 1 is 1.03 bits per heavy atom. The monoisotopic (exact) mass is 497 g/mol. The summed E-state index contributed by atoms with van der Waals surface area (Å²) < 4.78 is 0. The minimum atomic E-state index is -0.153. The van der Waals surface area contributed by atoms with Gasteiger partial charge in [0.25, 0.3) is 0 Å². The van der Waals surface area contributed by atoms with E-state index in [2.05, 4.69) is 70.0 Å². The van der Waals surface area contributed by atoms with Crippen LogP contribution in [0, 0.1) is 5.41 Å². The van der Waals surface area contributed by atoms with Crippen LogP contribution in [0.3, 0.4) is 0 Å². The molecule has 2 N–H and O–H groups in total. The van der Waals surface area contributed by atoms with E-state index >= 15 is 0 Å². The topological polar surface area (TPSA) is 95.0 Å². The summed E-state index contributed by atoms with van der Waals surface area (Å²) in [5.41, 5.74) is 4.03. The standard InChI is InChI=1S/C30H35N5O2/c1-2-3-10-28(37)35(20-30(21-36)15-6-7-16-30)19-22-11-12-24-18-25(14-13-23(24)17-22)26-8-4-5-9-27(26)29-31-33-34-32-29/h4-5,8-9,11-14,17-18,36H,2-3,6-7,10,15-16,19-21H2,1H3,(H,31,32,33,34). The lowest BCUT2D eigenvalue weighted by atomic mass is 9.86. The van der Waals surface area contributed by atoms with Gasteiger partial charge in [-0.2, -0.15) is 5.21 Å². The maximum atomic E-state index is 13.2. The first-order chi connectivity index (χ1) is 18.1. The number of tetrazole rings is 1. The first-order valence-electron chi connectivity index (χ1n) is 13.4. The van der Waals surface area contributed by atoms with Crippen molar-refractivity contribution in [1.29, 1.82) is 0 Å². The Morgan fingerprint density at radius 2 is 1.78 bits per heavy atom. The van der Waals surface area contributed by atoms with E-state index in [0.717, 1.165) is 71.6 Å². The number of amides is 1. The number of carbonyl (C=O) groups is 1. The summed E-state index contributed by atoms with van der Waals surface area (Å²) in [5.74, 6) is 0.761. The Balaban J connectivity index is 1.41. The summed E-state index contributed by atoms with van der Waals surface area (Å²) in [7, 11) is 0. The quantitative estimate of drug-likeness (QED) is 0.291. The third-order valence-electron chi connectivity index (χ3n) is 7.73. The fourth-order valence-corrected chi connectivity index (χ4v) is 5.60. The summed E-state index contributed by atoms with van der Waals surface area (Å²) in [6, 6.07) is 20.9. The Bertz CT molecular complexity index is 1350. The zero-order chi connectivity index (χ0) is 25.7. The summed E-state index contributed by atoms with van der Waals surface area (Å²) in [6.07, 6.45) is 6.71. The molecule has 192 valence electrons. The number of nitrogens with zero attached hydrogens (tertiary/aromatic N) is 4. The summed E-state index contributed by atoms with van der Waals surface area (Å²) >= 11 is 0. The van der Waals surface area contributed by atoms with Crippen molar-refractivity contribution in [2.75, 3.05) is 13.2 Å². The molecule has 1 aromatic heterocycles. The third kappa shape index (κ3) is 5.57. The lowest BCUT2D eigenvalue weighted by Crippen LogP contribution is -2.41. The Labute approximate surface area is 217 Å². The van der Waals surface area contributed by atoms with Crippen LogP contribution in [0.5, 0.6) is 0 Å². The summed E-state index contributed by atoms with van der Waals surface area (Å²) in [5, 5.41) is 27.0. The molecule has 0 spiro atoms. The van der Waals surface area contributed by atoms with E-state index in [4.69, 9.17) is 0 Å². The molecule has 0 bridgehead atoms. The van der Waals surface area contributed by atoms with Crippen LogP contribution in [-0.4, -0.2) is 49.7 Å². The molecule has 1 heterocycles. The molecular formula is C30H35N5O2. The minimum absolute atomic E-state index is 0.149. The highest BCUT2D eigenvalue weighted by molar-refractivity contribution is 5.90. The van der Waals surface area contributed by atoms with E-state index in [1.54, 1.807) is 0 Å². The fourth-order valence-electron chi connectivity index (χ4n) is 5.60. The number of aromatic amines is 1. The van der Waals surface area contributed by atoms with Gasteiger partial charge in [-0.15, -0.1) is 10.2 Å². The highest BCUT2D eigenvalue weighted by Crippen LogP contribution is 2.39. The van der Waals surface area contributed by atoms with Gasteiger partial charge < -0.3 is 10.0 Å². The van der Waals surface area contributed by atoms with Crippen LogP contribution in [0.1, 0.15) is 57.4 Å². The lowest BCUT2D eigenvalue weighted by molar-refractivity contribution is -0.134. The average Bonchev–Trinajstić information content (AvgIpc) is 3.64. The average molecular weight is 498 g/mol. The van der Waals surface area contributed by atoms with Crippen molar-refractivity contribution in [3.05, 3.63) is 66.2 Å². The van der Waals surface area contributed by atoms with Crippen LogP contribution in [0.15, 0.2) is 60.7 Å². The normalized spacial score (nSPS) is 14.8. The third-order valence-corrected chi connectivity index (χ3v) is 7.73. The van der Waals surface area contributed by atoms with E-state index in [-0.39, 0.29) is 17.9 Å². The second kappa shape index (κ2) is 11.2. The molecule has 7 heteroatoms. The molecular weight excluding hydrogens is 462 g/mol. The van der Waals surface area contributed by atoms with Crippen LogP contribution in [-0.2, 0) is 11.3 Å². The van der Waals surface area contributed by atoms with Crippen LogP contribution in [0.2, 0.25) is 0 Å². The van der Waals surface area contributed by atoms with Crippen molar-refractivity contribution in [2.24, 2.45) is 5.41 Å². The van der Waals surface area contributed by atoms with E-state index < -0.39 is 0 Å². The van der Waals surface area contributed by atoms with Crippen molar-refractivity contribution in [1.82, 2.24) is 25.5 Å². The molecule has 0 saturated heterocycles. The molecule has 0 radical (unpaired) electrons. The van der Waals surface area contributed by atoms with Crippen LogP contribution < -0.4 is 0 Å². The number of aliphatic hydroxyl groups is 1. The molecule has 37 heavy (non-hydrogen) atoms. The molecule has 1 saturated carbocycles.